The summed E-state index contributed by atoms with van der Waals surface area (Å²) in [7, 11) is 0. The van der Waals surface area contributed by atoms with E-state index in [4.69, 9.17) is 0 Å². The summed E-state index contributed by atoms with van der Waals surface area (Å²) in [6.45, 7) is 3.65. The third kappa shape index (κ3) is 3.89. The molecule has 6 nitrogen and oxygen atoms in total. The second-order valence-corrected chi connectivity index (χ2v) is 6.38. The maximum absolute atomic E-state index is 9.53. The van der Waals surface area contributed by atoms with Gasteiger partial charge in [-0.25, -0.2) is 0 Å². The van der Waals surface area contributed by atoms with Gasteiger partial charge in [0.2, 0.25) is 0 Å². The third-order valence-corrected chi connectivity index (χ3v) is 4.60. The molecule has 0 atom stereocenters. The van der Waals surface area contributed by atoms with Crippen LogP contribution in [0, 0.1) is 11.3 Å². The minimum Gasteiger partial charge on any atom is -0.355 e. The smallest absolute Gasteiger partial charge is 0.124 e. The number of nitrogens with one attached hydrogen (secondary N) is 2. The Kier molecular flexibility index (Phi) is 4.95. The number of nitriles is 1. The van der Waals surface area contributed by atoms with Crippen molar-refractivity contribution in [3.8, 4) is 17.3 Å². The lowest BCUT2D eigenvalue weighted by Crippen LogP contribution is -2.44. The van der Waals surface area contributed by atoms with Gasteiger partial charge >= 0.3 is 0 Å². The van der Waals surface area contributed by atoms with Crippen LogP contribution in [0.1, 0.15) is 16.8 Å². The van der Waals surface area contributed by atoms with E-state index in [1.165, 1.54) is 0 Å². The first-order valence-corrected chi connectivity index (χ1v) is 8.97. The predicted octanol–water partition coefficient (Wildman–Crippen LogP) is 2.92. The molecule has 1 saturated heterocycles. The fourth-order valence-electron chi connectivity index (χ4n) is 3.19. The number of anilines is 1. The molecule has 134 valence electrons. The zero-order chi connectivity index (χ0) is 18.5. The molecule has 0 amide bonds. The van der Waals surface area contributed by atoms with Crippen molar-refractivity contribution in [2.45, 2.75) is 0 Å². The fourth-order valence-corrected chi connectivity index (χ4v) is 3.19. The van der Waals surface area contributed by atoms with Gasteiger partial charge in [0, 0.05) is 56.0 Å². The molecule has 3 aromatic heterocycles. The van der Waals surface area contributed by atoms with Crippen molar-refractivity contribution >= 4 is 18.0 Å². The first-order chi connectivity index (χ1) is 13.3. The summed E-state index contributed by atoms with van der Waals surface area (Å²) in [4.78, 5) is 14.1. The highest BCUT2D eigenvalue weighted by Gasteiger charge is 2.17. The monoisotopic (exact) mass is 356 g/mol. The molecule has 0 radical (unpaired) electrons. The first-order valence-electron chi connectivity index (χ1n) is 8.97. The van der Waals surface area contributed by atoms with E-state index in [0.29, 0.717) is 5.56 Å². The van der Waals surface area contributed by atoms with E-state index in [2.05, 4.69) is 31.2 Å². The van der Waals surface area contributed by atoms with Crippen LogP contribution in [0.5, 0.6) is 0 Å². The predicted molar refractivity (Wildman–Crippen MR) is 107 cm³/mol. The molecule has 6 heteroatoms. The molecule has 0 spiro atoms. The van der Waals surface area contributed by atoms with Crippen molar-refractivity contribution in [2.75, 3.05) is 31.1 Å². The molecule has 0 saturated carbocycles. The Morgan fingerprint density at radius 3 is 2.63 bits per heavy atom. The van der Waals surface area contributed by atoms with Gasteiger partial charge in [0.25, 0.3) is 0 Å². The Labute approximate surface area is 158 Å². The summed E-state index contributed by atoms with van der Waals surface area (Å²) < 4.78 is 0. The Morgan fingerprint density at radius 1 is 1.04 bits per heavy atom. The number of H-pyrrole nitrogens is 1. The summed E-state index contributed by atoms with van der Waals surface area (Å²) >= 11 is 0. The number of aromatic amines is 1. The molecule has 3 aromatic rings. The number of hydrogen-bond acceptors (Lipinski definition) is 5. The number of rotatable bonds is 4. The Morgan fingerprint density at radius 2 is 1.85 bits per heavy atom. The van der Waals surface area contributed by atoms with Crippen LogP contribution < -0.4 is 10.2 Å². The van der Waals surface area contributed by atoms with Crippen LogP contribution in [0.2, 0.25) is 0 Å². The Bertz CT molecular complexity index is 977. The number of pyridine rings is 2. The van der Waals surface area contributed by atoms with E-state index in [-0.39, 0.29) is 0 Å². The molecular weight excluding hydrogens is 336 g/mol. The zero-order valence-corrected chi connectivity index (χ0v) is 14.9. The van der Waals surface area contributed by atoms with Gasteiger partial charge in [0.1, 0.15) is 11.9 Å². The maximum Gasteiger partial charge on any atom is 0.124 e. The lowest BCUT2D eigenvalue weighted by Gasteiger charge is -2.28. The van der Waals surface area contributed by atoms with Gasteiger partial charge in [-0.3, -0.25) is 9.97 Å². The quantitative estimate of drug-likeness (QED) is 0.751. The van der Waals surface area contributed by atoms with Crippen molar-refractivity contribution in [3.05, 3.63) is 65.7 Å². The van der Waals surface area contributed by atoms with E-state index >= 15 is 0 Å². The number of piperazine rings is 1. The van der Waals surface area contributed by atoms with Crippen LogP contribution in [0.15, 0.2) is 48.9 Å². The van der Waals surface area contributed by atoms with E-state index < -0.39 is 0 Å². The molecule has 0 unspecified atom stereocenters. The molecule has 1 aliphatic rings. The third-order valence-electron chi connectivity index (χ3n) is 4.60. The molecule has 4 rings (SSSR count). The van der Waals surface area contributed by atoms with E-state index in [1.807, 2.05) is 42.5 Å². The van der Waals surface area contributed by atoms with Gasteiger partial charge < -0.3 is 15.2 Å². The average Bonchev–Trinajstić information content (AvgIpc) is 3.18. The lowest BCUT2D eigenvalue weighted by molar-refractivity contribution is 0.585. The van der Waals surface area contributed by atoms with Crippen LogP contribution in [0.4, 0.5) is 5.82 Å². The number of hydrogen-bond donors (Lipinski definition) is 2. The van der Waals surface area contributed by atoms with Crippen molar-refractivity contribution in [1.29, 1.82) is 5.26 Å². The molecule has 27 heavy (non-hydrogen) atoms. The second kappa shape index (κ2) is 7.85. The van der Waals surface area contributed by atoms with Crippen LogP contribution in [0.3, 0.4) is 0 Å². The number of nitrogens with zero attached hydrogens (tertiary/aromatic N) is 4. The minimum absolute atomic E-state index is 0.678. The van der Waals surface area contributed by atoms with Crippen molar-refractivity contribution in [2.24, 2.45) is 0 Å². The second-order valence-electron chi connectivity index (χ2n) is 6.38. The first kappa shape index (κ1) is 17.0. The Hall–Kier alpha value is -3.43. The SMILES string of the molecule is N#Cc1cc(-c2ccnc(/C=C/c3ccncc3)c2)[nH]c1N1CCNCC1. The van der Waals surface area contributed by atoms with Crippen LogP contribution in [-0.4, -0.2) is 41.1 Å². The Balaban J connectivity index is 1.61. The fraction of sp³-hybridized carbons (Fsp3) is 0.190. The van der Waals surface area contributed by atoms with Gasteiger partial charge in [-0.05, 0) is 42.0 Å². The van der Waals surface area contributed by atoms with E-state index in [1.54, 1.807) is 18.6 Å². The molecule has 0 aromatic carbocycles. The summed E-state index contributed by atoms with van der Waals surface area (Å²) in [5.41, 5.74) is 4.56. The normalized spacial score (nSPS) is 14.4. The maximum atomic E-state index is 9.53. The molecular formula is C21H20N6. The molecule has 1 fully saturated rings. The highest BCUT2D eigenvalue weighted by Crippen LogP contribution is 2.27. The largest absolute Gasteiger partial charge is 0.355 e. The van der Waals surface area contributed by atoms with E-state index in [0.717, 1.165) is 54.5 Å². The molecule has 2 N–H and O–H groups in total. The minimum atomic E-state index is 0.678. The van der Waals surface area contributed by atoms with Crippen molar-refractivity contribution in [1.82, 2.24) is 20.3 Å². The van der Waals surface area contributed by atoms with Gasteiger partial charge in [-0.2, -0.15) is 5.26 Å². The summed E-state index contributed by atoms with van der Waals surface area (Å²) in [6.07, 6.45) is 9.31. The average molecular weight is 356 g/mol. The number of aromatic nitrogens is 3. The summed E-state index contributed by atoms with van der Waals surface area (Å²) in [5.74, 6) is 0.902. The van der Waals surface area contributed by atoms with Gasteiger partial charge in [-0.1, -0.05) is 6.08 Å². The summed E-state index contributed by atoms with van der Waals surface area (Å²) in [6, 6.07) is 12.1. The standard InChI is InChI=1S/C21H20N6/c22-15-18-14-20(26-21(18)27-11-9-24-10-12-27)17-5-8-25-19(13-17)2-1-16-3-6-23-7-4-16/h1-8,13-14,24,26H,9-12H2/b2-1+. The van der Waals surface area contributed by atoms with E-state index in [9.17, 15) is 5.26 Å². The lowest BCUT2D eigenvalue weighted by atomic mass is 10.1. The summed E-state index contributed by atoms with van der Waals surface area (Å²) in [5, 5.41) is 12.9. The molecule has 4 heterocycles. The van der Waals surface area contributed by atoms with Gasteiger partial charge in [-0.15, -0.1) is 0 Å². The molecule has 1 aliphatic heterocycles. The topological polar surface area (TPSA) is 80.6 Å². The van der Waals surface area contributed by atoms with Gasteiger partial charge in [0.05, 0.1) is 11.3 Å². The van der Waals surface area contributed by atoms with Crippen molar-refractivity contribution < 1.29 is 0 Å². The highest BCUT2D eigenvalue weighted by atomic mass is 15.2. The van der Waals surface area contributed by atoms with Crippen LogP contribution in [-0.2, 0) is 0 Å². The van der Waals surface area contributed by atoms with Crippen LogP contribution in [0.25, 0.3) is 23.4 Å². The molecule has 0 aliphatic carbocycles. The molecule has 0 bridgehead atoms. The van der Waals surface area contributed by atoms with Gasteiger partial charge in [0.15, 0.2) is 0 Å². The van der Waals surface area contributed by atoms with Crippen molar-refractivity contribution in [3.63, 3.8) is 0 Å². The highest BCUT2D eigenvalue weighted by molar-refractivity contribution is 5.73. The zero-order valence-electron chi connectivity index (χ0n) is 14.9. The van der Waals surface area contributed by atoms with Crippen LogP contribution >= 0.6 is 0 Å².